The summed E-state index contributed by atoms with van der Waals surface area (Å²) in [6.07, 6.45) is 3.77. The van der Waals surface area contributed by atoms with Crippen LogP contribution in [0.1, 0.15) is 25.0 Å². The molecule has 0 aliphatic rings. The average molecular weight is 204 g/mol. The van der Waals surface area contributed by atoms with Crippen LogP contribution in [0.4, 0.5) is 0 Å². The SMILES string of the molecule is CC(CC(=O)O)c1cnc2ccccn12. The Kier molecular flexibility index (Phi) is 2.41. The number of carboxylic acid groups (broad SMARTS) is 1. The van der Waals surface area contributed by atoms with Gasteiger partial charge in [-0.1, -0.05) is 13.0 Å². The van der Waals surface area contributed by atoms with Crippen molar-refractivity contribution in [3.63, 3.8) is 0 Å². The molecule has 4 heteroatoms. The van der Waals surface area contributed by atoms with Gasteiger partial charge in [0.25, 0.3) is 0 Å². The van der Waals surface area contributed by atoms with Crippen molar-refractivity contribution in [3.05, 3.63) is 36.3 Å². The number of pyridine rings is 1. The Morgan fingerprint density at radius 1 is 1.60 bits per heavy atom. The largest absolute Gasteiger partial charge is 0.481 e. The van der Waals surface area contributed by atoms with Crippen LogP contribution < -0.4 is 0 Å². The number of nitrogens with zero attached hydrogens (tertiary/aromatic N) is 2. The van der Waals surface area contributed by atoms with E-state index in [0.29, 0.717) is 0 Å². The second kappa shape index (κ2) is 3.73. The van der Waals surface area contributed by atoms with Crippen molar-refractivity contribution in [3.8, 4) is 0 Å². The van der Waals surface area contributed by atoms with Crippen LogP contribution in [0.5, 0.6) is 0 Å². The molecule has 0 saturated heterocycles. The van der Waals surface area contributed by atoms with Gasteiger partial charge in [-0.2, -0.15) is 0 Å². The monoisotopic (exact) mass is 204 g/mol. The minimum atomic E-state index is -0.784. The molecular weight excluding hydrogens is 192 g/mol. The Bertz CT molecular complexity index is 490. The summed E-state index contributed by atoms with van der Waals surface area (Å²) in [7, 11) is 0. The molecule has 1 N–H and O–H groups in total. The van der Waals surface area contributed by atoms with Crippen LogP contribution >= 0.6 is 0 Å². The van der Waals surface area contributed by atoms with Crippen LogP contribution in [-0.2, 0) is 4.79 Å². The Morgan fingerprint density at radius 3 is 3.13 bits per heavy atom. The molecule has 0 aliphatic heterocycles. The van der Waals surface area contributed by atoms with Crippen LogP contribution in [0.2, 0.25) is 0 Å². The van der Waals surface area contributed by atoms with Gasteiger partial charge in [-0.05, 0) is 12.1 Å². The van der Waals surface area contributed by atoms with Crippen molar-refractivity contribution >= 4 is 11.6 Å². The summed E-state index contributed by atoms with van der Waals surface area (Å²) in [5.74, 6) is -0.812. The summed E-state index contributed by atoms with van der Waals surface area (Å²) < 4.78 is 1.92. The molecule has 1 atom stereocenters. The maximum atomic E-state index is 10.6. The summed E-state index contributed by atoms with van der Waals surface area (Å²) in [5.41, 5.74) is 1.79. The lowest BCUT2D eigenvalue weighted by Crippen LogP contribution is -2.05. The molecule has 0 aliphatic carbocycles. The van der Waals surface area contributed by atoms with Gasteiger partial charge >= 0.3 is 5.97 Å². The van der Waals surface area contributed by atoms with Crippen LogP contribution in [0.3, 0.4) is 0 Å². The van der Waals surface area contributed by atoms with Crippen LogP contribution in [0.25, 0.3) is 5.65 Å². The van der Waals surface area contributed by atoms with E-state index in [2.05, 4.69) is 4.98 Å². The Labute approximate surface area is 87.2 Å². The van der Waals surface area contributed by atoms with E-state index in [1.807, 2.05) is 35.7 Å². The zero-order chi connectivity index (χ0) is 10.8. The van der Waals surface area contributed by atoms with Gasteiger partial charge in [0, 0.05) is 24.0 Å². The van der Waals surface area contributed by atoms with E-state index in [-0.39, 0.29) is 12.3 Å². The summed E-state index contributed by atoms with van der Waals surface area (Å²) in [6.45, 7) is 1.89. The second-order valence-electron chi connectivity index (χ2n) is 3.61. The predicted molar refractivity (Wildman–Crippen MR) is 55.9 cm³/mol. The summed E-state index contributed by atoms with van der Waals surface area (Å²) >= 11 is 0. The first-order valence-corrected chi connectivity index (χ1v) is 4.82. The third-order valence-corrected chi connectivity index (χ3v) is 2.43. The molecule has 78 valence electrons. The fourth-order valence-electron chi connectivity index (χ4n) is 1.68. The third kappa shape index (κ3) is 1.83. The molecule has 15 heavy (non-hydrogen) atoms. The highest BCUT2D eigenvalue weighted by molar-refractivity contribution is 5.67. The number of carboxylic acids is 1. The number of imidazole rings is 1. The van der Waals surface area contributed by atoms with Crippen molar-refractivity contribution in [2.75, 3.05) is 0 Å². The van der Waals surface area contributed by atoms with E-state index in [1.165, 1.54) is 0 Å². The summed E-state index contributed by atoms with van der Waals surface area (Å²) in [5, 5.41) is 8.73. The number of fused-ring (bicyclic) bond motifs is 1. The smallest absolute Gasteiger partial charge is 0.304 e. The second-order valence-corrected chi connectivity index (χ2v) is 3.61. The number of aromatic nitrogens is 2. The fourth-order valence-corrected chi connectivity index (χ4v) is 1.68. The maximum Gasteiger partial charge on any atom is 0.304 e. The predicted octanol–water partition coefficient (Wildman–Crippen LogP) is 1.91. The average Bonchev–Trinajstić information content (AvgIpc) is 2.59. The van der Waals surface area contributed by atoms with E-state index in [1.54, 1.807) is 6.20 Å². The van der Waals surface area contributed by atoms with Crippen LogP contribution in [0.15, 0.2) is 30.6 Å². The number of hydrogen-bond donors (Lipinski definition) is 1. The topological polar surface area (TPSA) is 54.6 Å². The lowest BCUT2D eigenvalue weighted by molar-refractivity contribution is -0.137. The van der Waals surface area contributed by atoms with Gasteiger partial charge in [0.2, 0.25) is 0 Å². The first kappa shape index (κ1) is 9.71. The quantitative estimate of drug-likeness (QED) is 0.830. The van der Waals surface area contributed by atoms with Crippen molar-refractivity contribution in [1.29, 1.82) is 0 Å². The third-order valence-electron chi connectivity index (χ3n) is 2.43. The highest BCUT2D eigenvalue weighted by atomic mass is 16.4. The van der Waals surface area contributed by atoms with E-state index in [4.69, 9.17) is 5.11 Å². The molecular formula is C11H12N2O2. The van der Waals surface area contributed by atoms with Gasteiger partial charge in [0.05, 0.1) is 6.42 Å². The Morgan fingerprint density at radius 2 is 2.40 bits per heavy atom. The molecule has 2 aromatic heterocycles. The molecule has 2 heterocycles. The normalized spacial score (nSPS) is 12.9. The standard InChI is InChI=1S/C11H12N2O2/c1-8(6-11(14)15)9-7-12-10-4-2-3-5-13(9)10/h2-5,7-8H,6H2,1H3,(H,14,15). The summed E-state index contributed by atoms with van der Waals surface area (Å²) in [6, 6.07) is 5.72. The van der Waals surface area contributed by atoms with E-state index >= 15 is 0 Å². The van der Waals surface area contributed by atoms with Crippen LogP contribution in [0, 0.1) is 0 Å². The van der Waals surface area contributed by atoms with E-state index in [9.17, 15) is 4.79 Å². The number of rotatable bonds is 3. The number of aliphatic carboxylic acids is 1. The molecule has 4 nitrogen and oxygen atoms in total. The molecule has 0 fully saturated rings. The lowest BCUT2D eigenvalue weighted by Gasteiger charge is -2.07. The maximum absolute atomic E-state index is 10.6. The first-order valence-electron chi connectivity index (χ1n) is 4.82. The Balaban J connectivity index is 2.39. The number of carbonyl (C=O) groups is 1. The molecule has 0 aromatic carbocycles. The molecule has 0 spiro atoms. The molecule has 2 rings (SSSR count). The zero-order valence-electron chi connectivity index (χ0n) is 8.42. The highest BCUT2D eigenvalue weighted by Crippen LogP contribution is 2.19. The first-order chi connectivity index (χ1) is 7.18. The van der Waals surface area contributed by atoms with Gasteiger partial charge in [0.1, 0.15) is 5.65 Å². The molecule has 0 saturated carbocycles. The van der Waals surface area contributed by atoms with Gasteiger partial charge in [-0.3, -0.25) is 4.79 Å². The van der Waals surface area contributed by atoms with Crippen molar-refractivity contribution in [2.24, 2.45) is 0 Å². The molecule has 0 amide bonds. The minimum absolute atomic E-state index is 0.0279. The Hall–Kier alpha value is -1.84. The molecule has 2 aromatic rings. The highest BCUT2D eigenvalue weighted by Gasteiger charge is 2.13. The van der Waals surface area contributed by atoms with Crippen molar-refractivity contribution in [1.82, 2.24) is 9.38 Å². The summed E-state index contributed by atoms with van der Waals surface area (Å²) in [4.78, 5) is 14.8. The van der Waals surface area contributed by atoms with Gasteiger partial charge in [0.15, 0.2) is 0 Å². The fraction of sp³-hybridized carbons (Fsp3) is 0.273. The number of hydrogen-bond acceptors (Lipinski definition) is 2. The minimum Gasteiger partial charge on any atom is -0.481 e. The van der Waals surface area contributed by atoms with E-state index in [0.717, 1.165) is 11.3 Å². The van der Waals surface area contributed by atoms with Gasteiger partial charge < -0.3 is 9.51 Å². The molecule has 0 bridgehead atoms. The molecule has 0 radical (unpaired) electrons. The molecule has 1 unspecified atom stereocenters. The van der Waals surface area contributed by atoms with Gasteiger partial charge in [-0.15, -0.1) is 0 Å². The van der Waals surface area contributed by atoms with Crippen molar-refractivity contribution in [2.45, 2.75) is 19.3 Å². The van der Waals surface area contributed by atoms with Crippen LogP contribution in [-0.4, -0.2) is 20.5 Å². The zero-order valence-corrected chi connectivity index (χ0v) is 8.42. The van der Waals surface area contributed by atoms with E-state index < -0.39 is 5.97 Å². The lowest BCUT2D eigenvalue weighted by atomic mass is 10.1. The van der Waals surface area contributed by atoms with Crippen molar-refractivity contribution < 1.29 is 9.90 Å². The van der Waals surface area contributed by atoms with Gasteiger partial charge in [-0.25, -0.2) is 4.98 Å².